The van der Waals surface area contributed by atoms with Gasteiger partial charge >= 0.3 is 6.09 Å². The summed E-state index contributed by atoms with van der Waals surface area (Å²) in [5.41, 5.74) is 1.84. The van der Waals surface area contributed by atoms with Crippen LogP contribution in [0, 0.1) is 0 Å². The number of amides is 1. The number of benzene rings is 2. The maximum Gasteiger partial charge on any atom is 0.411 e. The maximum absolute atomic E-state index is 13.0. The van der Waals surface area contributed by atoms with Crippen molar-refractivity contribution in [1.29, 1.82) is 0 Å². The van der Waals surface area contributed by atoms with E-state index in [1.807, 2.05) is 30.3 Å². The second-order valence-corrected chi connectivity index (χ2v) is 8.03. The molecule has 1 heterocycles. The van der Waals surface area contributed by atoms with Crippen LogP contribution in [0.25, 0.3) is 0 Å². The highest BCUT2D eigenvalue weighted by Gasteiger charge is 2.37. The number of hydrogen-bond donors (Lipinski definition) is 0. The van der Waals surface area contributed by atoms with E-state index in [-0.39, 0.29) is 18.0 Å². The number of hydrogen-bond acceptors (Lipinski definition) is 4. The molecule has 1 unspecified atom stereocenters. The van der Waals surface area contributed by atoms with E-state index in [4.69, 9.17) is 4.74 Å². The maximum atomic E-state index is 13.0. The number of carbonyl (C=O) groups excluding carboxylic acids is 3. The second kappa shape index (κ2) is 7.97. The first kappa shape index (κ1) is 19.8. The van der Waals surface area contributed by atoms with E-state index in [0.29, 0.717) is 18.5 Å². The van der Waals surface area contributed by atoms with Crippen LogP contribution in [-0.4, -0.2) is 34.2 Å². The molecule has 5 heteroatoms. The van der Waals surface area contributed by atoms with Gasteiger partial charge in [-0.05, 0) is 31.9 Å². The summed E-state index contributed by atoms with van der Waals surface area (Å²) in [6.45, 7) is 5.66. The van der Waals surface area contributed by atoms with E-state index in [2.05, 4.69) is 0 Å². The molecule has 1 atom stereocenters. The fourth-order valence-corrected chi connectivity index (χ4v) is 3.33. The van der Waals surface area contributed by atoms with Crippen LogP contribution in [0.4, 0.5) is 4.79 Å². The Morgan fingerprint density at radius 3 is 2.21 bits per heavy atom. The van der Waals surface area contributed by atoms with Crippen LogP contribution in [0.15, 0.2) is 54.6 Å². The van der Waals surface area contributed by atoms with Gasteiger partial charge in [0, 0.05) is 12.0 Å². The first-order valence-corrected chi connectivity index (χ1v) is 9.42. The first-order valence-electron chi connectivity index (χ1n) is 9.42. The van der Waals surface area contributed by atoms with Gasteiger partial charge in [-0.15, -0.1) is 0 Å². The summed E-state index contributed by atoms with van der Waals surface area (Å²) in [5, 5.41) is 0. The second-order valence-electron chi connectivity index (χ2n) is 8.03. The molecule has 0 saturated carbocycles. The number of ketones is 2. The monoisotopic (exact) mass is 379 g/mol. The summed E-state index contributed by atoms with van der Waals surface area (Å²) in [7, 11) is 0. The summed E-state index contributed by atoms with van der Waals surface area (Å²) in [4.78, 5) is 39.7. The first-order chi connectivity index (χ1) is 13.2. The van der Waals surface area contributed by atoms with Crippen molar-refractivity contribution in [3.63, 3.8) is 0 Å². The summed E-state index contributed by atoms with van der Waals surface area (Å²) in [5.74, 6) is -0.511. The Kier molecular flexibility index (Phi) is 5.63. The standard InChI is InChI=1S/C23H25NO4/c1-23(2,3)28-22(27)24-15-18-12-8-7-11-17(18)13-19(24)21(26)14-20(25)16-9-5-4-6-10-16/h4-12,19H,13-15H2,1-3H3. The quantitative estimate of drug-likeness (QED) is 0.590. The minimum atomic E-state index is -0.711. The predicted octanol–water partition coefficient (Wildman–Crippen LogP) is 4.19. The molecule has 1 aliphatic heterocycles. The topological polar surface area (TPSA) is 63.7 Å². The molecule has 2 aromatic rings. The van der Waals surface area contributed by atoms with Crippen molar-refractivity contribution in [2.45, 2.75) is 51.8 Å². The number of fused-ring (bicyclic) bond motifs is 1. The smallest absolute Gasteiger partial charge is 0.411 e. The van der Waals surface area contributed by atoms with Crippen LogP contribution in [0.3, 0.4) is 0 Å². The lowest BCUT2D eigenvalue weighted by Crippen LogP contribution is -2.50. The molecule has 0 aromatic heterocycles. The number of rotatable bonds is 4. The van der Waals surface area contributed by atoms with Crippen molar-refractivity contribution < 1.29 is 19.1 Å². The Labute approximate surface area is 165 Å². The Hall–Kier alpha value is -2.95. The van der Waals surface area contributed by atoms with Gasteiger partial charge in [0.25, 0.3) is 0 Å². The fourth-order valence-electron chi connectivity index (χ4n) is 3.33. The molecule has 5 nitrogen and oxygen atoms in total. The SMILES string of the molecule is CC(C)(C)OC(=O)N1Cc2ccccc2CC1C(=O)CC(=O)c1ccccc1. The van der Waals surface area contributed by atoms with Crippen molar-refractivity contribution in [2.75, 3.05) is 0 Å². The molecule has 0 radical (unpaired) electrons. The molecule has 0 bridgehead atoms. The zero-order chi connectivity index (χ0) is 20.3. The molecule has 1 amide bonds. The Balaban J connectivity index is 1.83. The van der Waals surface area contributed by atoms with E-state index < -0.39 is 17.7 Å². The zero-order valence-corrected chi connectivity index (χ0v) is 16.5. The van der Waals surface area contributed by atoms with Crippen molar-refractivity contribution in [1.82, 2.24) is 4.90 Å². The molecule has 0 fully saturated rings. The van der Waals surface area contributed by atoms with Crippen molar-refractivity contribution >= 4 is 17.7 Å². The van der Waals surface area contributed by atoms with Gasteiger partial charge in [0.05, 0.1) is 19.0 Å². The molecule has 0 saturated heterocycles. The molecule has 2 aromatic carbocycles. The molecule has 1 aliphatic rings. The van der Waals surface area contributed by atoms with E-state index in [9.17, 15) is 14.4 Å². The number of ether oxygens (including phenoxy) is 1. The van der Waals surface area contributed by atoms with Crippen LogP contribution in [0.1, 0.15) is 48.7 Å². The Bertz CT molecular complexity index is 883. The van der Waals surface area contributed by atoms with E-state index in [0.717, 1.165) is 11.1 Å². The molecule has 3 rings (SSSR count). The fraction of sp³-hybridized carbons (Fsp3) is 0.348. The van der Waals surface area contributed by atoms with Gasteiger partial charge in [-0.3, -0.25) is 14.5 Å². The summed E-state index contributed by atoms with van der Waals surface area (Å²) >= 11 is 0. The van der Waals surface area contributed by atoms with Gasteiger partial charge in [-0.25, -0.2) is 4.79 Å². The highest BCUT2D eigenvalue weighted by molar-refractivity contribution is 6.09. The van der Waals surface area contributed by atoms with Gasteiger partial charge in [-0.1, -0.05) is 54.6 Å². The summed E-state index contributed by atoms with van der Waals surface area (Å²) in [6.07, 6.45) is -0.389. The van der Waals surface area contributed by atoms with Crippen molar-refractivity contribution in [2.24, 2.45) is 0 Å². The third-order valence-electron chi connectivity index (χ3n) is 4.68. The largest absolute Gasteiger partial charge is 0.444 e. The lowest BCUT2D eigenvalue weighted by atomic mass is 9.90. The zero-order valence-electron chi connectivity index (χ0n) is 16.5. The van der Waals surface area contributed by atoms with E-state index >= 15 is 0 Å². The number of Topliss-reactive ketones (excluding diaryl/α,β-unsaturated/α-hetero) is 2. The molecular weight excluding hydrogens is 354 g/mol. The molecule has 0 aliphatic carbocycles. The van der Waals surface area contributed by atoms with Crippen molar-refractivity contribution in [3.8, 4) is 0 Å². The van der Waals surface area contributed by atoms with Gasteiger partial charge in [0.1, 0.15) is 5.60 Å². The summed E-state index contributed by atoms with van der Waals surface area (Å²) < 4.78 is 5.51. The van der Waals surface area contributed by atoms with E-state index in [1.54, 1.807) is 45.0 Å². The van der Waals surface area contributed by atoms with Crippen LogP contribution >= 0.6 is 0 Å². The van der Waals surface area contributed by atoms with E-state index in [1.165, 1.54) is 4.90 Å². The van der Waals surface area contributed by atoms with Crippen LogP contribution < -0.4 is 0 Å². The molecular formula is C23H25NO4. The highest BCUT2D eigenvalue weighted by Crippen LogP contribution is 2.26. The third-order valence-corrected chi connectivity index (χ3v) is 4.68. The number of carbonyl (C=O) groups is 3. The van der Waals surface area contributed by atoms with Crippen molar-refractivity contribution in [3.05, 3.63) is 71.3 Å². The lowest BCUT2D eigenvalue weighted by Gasteiger charge is -2.37. The van der Waals surface area contributed by atoms with Crippen LogP contribution in [0.5, 0.6) is 0 Å². The Morgan fingerprint density at radius 1 is 0.964 bits per heavy atom. The molecule has 28 heavy (non-hydrogen) atoms. The van der Waals surface area contributed by atoms with Gasteiger partial charge in [0.2, 0.25) is 0 Å². The minimum Gasteiger partial charge on any atom is -0.444 e. The molecule has 146 valence electrons. The Morgan fingerprint density at radius 2 is 1.57 bits per heavy atom. The van der Waals surface area contributed by atoms with Gasteiger partial charge < -0.3 is 4.74 Å². The van der Waals surface area contributed by atoms with Gasteiger partial charge in [0.15, 0.2) is 11.6 Å². The minimum absolute atomic E-state index is 0.240. The molecule has 0 N–H and O–H groups in total. The van der Waals surface area contributed by atoms with Crippen LogP contribution in [0.2, 0.25) is 0 Å². The normalized spacial score (nSPS) is 16.2. The van der Waals surface area contributed by atoms with Crippen LogP contribution in [-0.2, 0) is 22.5 Å². The average Bonchev–Trinajstić information content (AvgIpc) is 2.66. The third kappa shape index (κ3) is 4.66. The average molecular weight is 379 g/mol. The number of nitrogens with zero attached hydrogens (tertiary/aromatic N) is 1. The van der Waals surface area contributed by atoms with Gasteiger partial charge in [-0.2, -0.15) is 0 Å². The predicted molar refractivity (Wildman–Crippen MR) is 106 cm³/mol. The molecule has 0 spiro atoms. The lowest BCUT2D eigenvalue weighted by molar-refractivity contribution is -0.124. The summed E-state index contributed by atoms with van der Waals surface area (Å²) in [6, 6.07) is 15.8. The highest BCUT2D eigenvalue weighted by atomic mass is 16.6.